The van der Waals surface area contributed by atoms with Gasteiger partial charge in [-0.3, -0.25) is 0 Å². The first-order valence-electron chi connectivity index (χ1n) is 1.42. The van der Waals surface area contributed by atoms with Crippen molar-refractivity contribution in [2.75, 3.05) is 0 Å². The zero-order valence-electron chi connectivity index (χ0n) is 4.04. The van der Waals surface area contributed by atoms with E-state index in [-0.39, 0.29) is 22.6 Å². The van der Waals surface area contributed by atoms with Crippen LogP contribution in [0.25, 0.3) is 0 Å². The Morgan fingerprint density at radius 2 is 1.22 bits per heavy atom. The summed E-state index contributed by atoms with van der Waals surface area (Å²) >= 11 is 0.150. The molecule has 0 aromatic heterocycles. The molecular weight excluding hydrogens is 510 g/mol. The minimum Gasteiger partial charge on any atom is -0.331 e. The van der Waals surface area contributed by atoms with Gasteiger partial charge in [0.2, 0.25) is 0 Å². The molecule has 1 nitrogen and oxygen atoms in total. The number of hydrogen-bond acceptors (Lipinski definition) is 1. The summed E-state index contributed by atoms with van der Waals surface area (Å²) in [5.41, 5.74) is 0. The molecule has 0 amide bonds. The maximum absolute atomic E-state index is 11.2. The van der Waals surface area contributed by atoms with Crippen molar-refractivity contribution >= 4 is 22.6 Å². The third-order valence-corrected chi connectivity index (χ3v) is 0.990. The average Bonchev–Trinajstić information content (AvgIpc) is 1.25. The molecule has 0 bridgehead atoms. The minimum atomic E-state index is -4.91. The van der Waals surface area contributed by atoms with Crippen LogP contribution in [0.15, 0.2) is 0 Å². The van der Waals surface area contributed by atoms with Gasteiger partial charge in [0.1, 0.15) is 0 Å². The standard InChI is InChI=1S/C2HF4IO.Rf/c3-1(4,7)2(5,6)8;/h8H;. The first kappa shape index (κ1) is 11.2. The zero-order valence-corrected chi connectivity index (χ0v) is 12.6. The normalized spacial score (nSPS) is 12.7. The van der Waals surface area contributed by atoms with E-state index in [1.807, 2.05) is 0 Å². The fraction of sp³-hybridized carbons (Fsp3) is 1.00. The van der Waals surface area contributed by atoms with Gasteiger partial charge in [-0.25, -0.2) is 0 Å². The van der Waals surface area contributed by atoms with Crippen molar-refractivity contribution in [2.24, 2.45) is 0 Å². The van der Waals surface area contributed by atoms with Crippen molar-refractivity contribution in [3.05, 3.63) is 0 Å². The van der Waals surface area contributed by atoms with Crippen LogP contribution in [0.2, 0.25) is 0 Å². The van der Waals surface area contributed by atoms with Crippen molar-refractivity contribution in [3.63, 3.8) is 0 Å². The fourth-order valence-electron chi connectivity index (χ4n) is 0. The molecule has 0 aliphatic rings. The molecule has 0 saturated carbocycles. The number of alkyl halides is 5. The molecule has 0 aromatic carbocycles. The van der Waals surface area contributed by atoms with Gasteiger partial charge in [-0.15, -0.1) is 0 Å². The third kappa shape index (κ3) is 3.07. The van der Waals surface area contributed by atoms with Crippen LogP contribution >= 0.6 is 22.6 Å². The van der Waals surface area contributed by atoms with Crippen LogP contribution < -0.4 is 0 Å². The Bertz CT molecular complexity index is 73.5. The Labute approximate surface area is 55.8 Å². The summed E-state index contributed by atoms with van der Waals surface area (Å²) in [6.07, 6.45) is -4.91. The molecule has 0 atom stereocenters. The molecule has 0 aromatic rings. The number of aliphatic hydroxyl groups is 1. The summed E-state index contributed by atoms with van der Waals surface area (Å²) in [5, 5.41) is 7.26. The van der Waals surface area contributed by atoms with E-state index in [4.69, 9.17) is 5.11 Å². The fourth-order valence-corrected chi connectivity index (χ4v) is 0. The predicted molar refractivity (Wildman–Crippen MR) is 26.1 cm³/mol. The molecule has 0 fully saturated rings. The van der Waals surface area contributed by atoms with Crippen LogP contribution in [0.3, 0.4) is 0 Å². The van der Waals surface area contributed by atoms with Gasteiger partial charge in [0.15, 0.2) is 0 Å². The molecule has 0 heterocycles. The van der Waals surface area contributed by atoms with Crippen molar-refractivity contribution in [1.82, 2.24) is 0 Å². The average molecular weight is 511 g/mol. The van der Waals surface area contributed by atoms with Crippen molar-refractivity contribution in [3.8, 4) is 0 Å². The second kappa shape index (κ2) is 2.34. The third-order valence-electron chi connectivity index (χ3n) is 0.341. The van der Waals surface area contributed by atoms with Crippen LogP contribution in [0.1, 0.15) is 0 Å². The van der Waals surface area contributed by atoms with Gasteiger partial charge in [0.05, 0.1) is 0 Å². The van der Waals surface area contributed by atoms with E-state index in [1.165, 1.54) is 0 Å². The molecule has 1 N–H and O–H groups in total. The van der Waals surface area contributed by atoms with Gasteiger partial charge in [0, 0.05) is 22.6 Å². The smallest absolute Gasteiger partial charge is 0.331 e. The molecule has 0 saturated heterocycles. The van der Waals surface area contributed by atoms with E-state index in [2.05, 4.69) is 0 Å². The maximum atomic E-state index is 11.2. The van der Waals surface area contributed by atoms with Crippen molar-refractivity contribution in [2.45, 2.75) is 10.0 Å². The second-order valence-corrected chi connectivity index (χ2v) is 2.39. The van der Waals surface area contributed by atoms with E-state index in [0.717, 1.165) is 0 Å². The van der Waals surface area contributed by atoms with E-state index in [0.29, 0.717) is 0 Å². The largest absolute Gasteiger partial charge is 0.426 e. The van der Waals surface area contributed by atoms with E-state index >= 15 is 0 Å². The minimum absolute atomic E-state index is 0. The Kier molecular flexibility index (Phi) is 2.92. The first-order valence-corrected chi connectivity index (χ1v) is 2.50. The Morgan fingerprint density at radius 3 is 1.22 bits per heavy atom. The first-order chi connectivity index (χ1) is 3.25. The zero-order chi connectivity index (χ0) is 7.00. The Balaban J connectivity index is 0. The van der Waals surface area contributed by atoms with Gasteiger partial charge in [-0.1, -0.05) is 0 Å². The SMILES string of the molecule is OC(F)(F)C(F)(F)I.[Rf]. The van der Waals surface area contributed by atoms with Crippen molar-refractivity contribution in [1.29, 1.82) is 0 Å². The molecule has 0 aliphatic heterocycles. The van der Waals surface area contributed by atoms with Gasteiger partial charge < -0.3 is 5.11 Å². The molecule has 0 spiro atoms. The monoisotopic (exact) mass is 511 g/mol. The van der Waals surface area contributed by atoms with Crippen LogP contribution in [0.5, 0.6) is 0 Å². The molecular formula is C2HF4IORf. The quantitative estimate of drug-likeness (QED) is 0.323. The van der Waals surface area contributed by atoms with Gasteiger partial charge >= 0.3 is 10.0 Å². The summed E-state index contributed by atoms with van der Waals surface area (Å²) < 4.78 is 40.1. The molecule has 0 rings (SSSR count). The van der Waals surface area contributed by atoms with Gasteiger partial charge in [-0.05, 0) is 0 Å². The van der Waals surface area contributed by atoms with Crippen LogP contribution in [-0.2, 0) is 0 Å². The predicted octanol–water partition coefficient (Wildman–Crippen LogP) is 1.60. The second-order valence-electron chi connectivity index (χ2n) is 1.04. The maximum Gasteiger partial charge on any atom is 0.426 e. The molecule has 7 heteroatoms. The van der Waals surface area contributed by atoms with E-state index in [9.17, 15) is 17.6 Å². The van der Waals surface area contributed by atoms with Crippen molar-refractivity contribution < 1.29 is 22.7 Å². The van der Waals surface area contributed by atoms with E-state index in [1.54, 1.807) is 0 Å². The summed E-state index contributed by atoms with van der Waals surface area (Å²) in [6.45, 7) is 0. The summed E-state index contributed by atoms with van der Waals surface area (Å²) in [7, 11) is 0. The van der Waals surface area contributed by atoms with Crippen LogP contribution in [0.4, 0.5) is 17.6 Å². The molecule has 52 valence electrons. The molecule has 0 unspecified atom stereocenters. The molecule has 0 radical (unpaired) electrons. The van der Waals surface area contributed by atoms with Gasteiger partial charge in [0.25, 0.3) is 0 Å². The number of hydrogen-bond donors (Lipinski definition) is 1. The molecule has 9 heavy (non-hydrogen) atoms. The summed E-state index contributed by atoms with van der Waals surface area (Å²) in [4.78, 5) is 0. The summed E-state index contributed by atoms with van der Waals surface area (Å²) in [5.74, 6) is 0. The summed E-state index contributed by atoms with van der Waals surface area (Å²) in [6, 6.07) is 0. The number of halogens is 5. The Hall–Kier alpha value is -0.590. The van der Waals surface area contributed by atoms with Crippen LogP contribution in [-0.4, -0.2) is 15.1 Å². The topological polar surface area (TPSA) is 20.2 Å². The van der Waals surface area contributed by atoms with Crippen LogP contribution in [0, 0.1) is 0 Å². The van der Waals surface area contributed by atoms with E-state index < -0.39 is 10.0 Å². The molecule has 0 aliphatic carbocycles. The Morgan fingerprint density at radius 1 is 1.11 bits per heavy atom. The number of rotatable bonds is 1. The van der Waals surface area contributed by atoms with Gasteiger partial charge in [-0.2, -0.15) is 17.6 Å².